The van der Waals surface area contributed by atoms with Gasteiger partial charge in [-0.25, -0.2) is 9.97 Å². The number of allylic oxidation sites excluding steroid dienone is 2. The molecule has 0 radical (unpaired) electrons. The van der Waals surface area contributed by atoms with Gasteiger partial charge in [-0.15, -0.1) is 0 Å². The highest BCUT2D eigenvalue weighted by molar-refractivity contribution is 5.99. The lowest BCUT2D eigenvalue weighted by atomic mass is 10.1. The summed E-state index contributed by atoms with van der Waals surface area (Å²) in [6, 6.07) is 6.63. The van der Waals surface area contributed by atoms with Gasteiger partial charge in [0.25, 0.3) is 0 Å². The summed E-state index contributed by atoms with van der Waals surface area (Å²) in [5.74, 6) is 1.61. The lowest BCUT2D eigenvalue weighted by molar-refractivity contribution is -0.109. The predicted molar refractivity (Wildman–Crippen MR) is 157 cm³/mol. The minimum atomic E-state index is -0.591. The number of fused-ring (bicyclic) bond motifs is 2. The Morgan fingerprint density at radius 2 is 1.54 bits per heavy atom. The van der Waals surface area contributed by atoms with Crippen molar-refractivity contribution in [1.29, 1.82) is 0 Å². The number of carbonyl (C=O) groups is 3. The molecule has 2 heterocycles. The number of nitrogens with zero attached hydrogens (tertiary/aromatic N) is 4. The number of hydrogen-bond donors (Lipinski definition) is 4. The number of amides is 2. The van der Waals surface area contributed by atoms with E-state index in [9.17, 15) is 14.4 Å². The summed E-state index contributed by atoms with van der Waals surface area (Å²) in [5.41, 5.74) is 8.96. The van der Waals surface area contributed by atoms with Crippen molar-refractivity contribution < 1.29 is 23.9 Å². The summed E-state index contributed by atoms with van der Waals surface area (Å²) in [4.78, 5) is 43.0. The Morgan fingerprint density at radius 3 is 2.10 bits per heavy atom. The molecule has 0 spiro atoms. The largest absolute Gasteiger partial charge is 0.494 e. The molecule has 0 saturated heterocycles. The summed E-state index contributed by atoms with van der Waals surface area (Å²) >= 11 is 0. The normalized spacial score (nSPS) is 11.4. The van der Waals surface area contributed by atoms with Crippen LogP contribution in [0.5, 0.6) is 11.5 Å². The molecule has 0 aliphatic carbocycles. The van der Waals surface area contributed by atoms with Crippen molar-refractivity contribution in [3.63, 3.8) is 0 Å². The molecule has 13 heteroatoms. The second-order valence-corrected chi connectivity index (χ2v) is 8.79. The zero-order valence-electron chi connectivity index (χ0n) is 23.0. The van der Waals surface area contributed by atoms with Gasteiger partial charge in [0.05, 0.1) is 18.1 Å². The third kappa shape index (κ3) is 6.13. The van der Waals surface area contributed by atoms with E-state index in [-0.39, 0.29) is 12.2 Å². The fourth-order valence-electron chi connectivity index (χ4n) is 4.46. The number of carbonyl (C=O) groups excluding carboxylic acids is 3. The van der Waals surface area contributed by atoms with E-state index in [1.165, 1.54) is 0 Å². The summed E-state index contributed by atoms with van der Waals surface area (Å²) in [6.07, 6.45) is 8.87. The predicted octanol–water partition coefficient (Wildman–Crippen LogP) is 2.33. The molecule has 214 valence electrons. The van der Waals surface area contributed by atoms with Crippen LogP contribution in [0.3, 0.4) is 0 Å². The number of ether oxygens (including phenoxy) is 2. The number of primary amides is 1. The number of anilines is 2. The van der Waals surface area contributed by atoms with Gasteiger partial charge in [0.15, 0.2) is 0 Å². The van der Waals surface area contributed by atoms with E-state index in [1.807, 2.05) is 21.3 Å². The molecule has 0 fully saturated rings. The Hall–Kier alpha value is -5.33. The minimum Gasteiger partial charge on any atom is -0.494 e. The Kier molecular flexibility index (Phi) is 9.20. The average molecular weight is 561 g/mol. The first kappa shape index (κ1) is 28.7. The molecule has 0 bridgehead atoms. The van der Waals surface area contributed by atoms with Gasteiger partial charge in [-0.05, 0) is 30.3 Å². The van der Waals surface area contributed by atoms with E-state index in [2.05, 4.69) is 25.9 Å². The standard InChI is InChI=1S/C28H32N8O5/c1-30-27-33-20-12-18(16-37)13-22(40-3)24(20)35(27)9-5-6-10-36-25-21(34-28(36)31-2)14-19(26(29)39)15-23(25)41-11-7-4-8-32-17-38/h4-7,12-17H,8-11H2,1-3H3,(H2,29,39)(H,30,33)(H,31,34)(H,32,38)/b6-5+,7-4+. The number of aldehydes is 1. The molecule has 2 aromatic carbocycles. The molecule has 0 atom stereocenters. The van der Waals surface area contributed by atoms with Crippen LogP contribution < -0.4 is 31.2 Å². The number of imidazole rings is 2. The van der Waals surface area contributed by atoms with Crippen molar-refractivity contribution >= 4 is 52.6 Å². The van der Waals surface area contributed by atoms with Crippen LogP contribution in [0.15, 0.2) is 48.6 Å². The number of hydrogen-bond acceptors (Lipinski definition) is 9. The van der Waals surface area contributed by atoms with Crippen molar-refractivity contribution in [1.82, 2.24) is 24.4 Å². The summed E-state index contributed by atoms with van der Waals surface area (Å²) < 4.78 is 15.4. The van der Waals surface area contributed by atoms with E-state index in [4.69, 9.17) is 15.2 Å². The topological polar surface area (TPSA) is 167 Å². The first-order valence-corrected chi connectivity index (χ1v) is 12.8. The first-order valence-electron chi connectivity index (χ1n) is 12.8. The van der Waals surface area contributed by atoms with Gasteiger partial charge in [0.2, 0.25) is 24.2 Å². The third-order valence-corrected chi connectivity index (χ3v) is 6.29. The maximum Gasteiger partial charge on any atom is 0.248 e. The van der Waals surface area contributed by atoms with Crippen molar-refractivity contribution in [3.8, 4) is 11.5 Å². The highest BCUT2D eigenvalue weighted by atomic mass is 16.5. The van der Waals surface area contributed by atoms with Crippen molar-refractivity contribution in [2.45, 2.75) is 13.1 Å². The number of aromatic nitrogens is 4. The number of nitrogens with two attached hydrogens (primary N) is 1. The molecular weight excluding hydrogens is 528 g/mol. The Labute approximate surface area is 236 Å². The van der Waals surface area contributed by atoms with Gasteiger partial charge in [-0.2, -0.15) is 0 Å². The molecule has 2 amide bonds. The third-order valence-electron chi connectivity index (χ3n) is 6.29. The summed E-state index contributed by atoms with van der Waals surface area (Å²) in [7, 11) is 5.10. The van der Waals surface area contributed by atoms with E-state index in [0.717, 1.165) is 11.8 Å². The van der Waals surface area contributed by atoms with Crippen LogP contribution >= 0.6 is 0 Å². The molecule has 0 aliphatic rings. The van der Waals surface area contributed by atoms with Gasteiger partial charge in [-0.1, -0.05) is 18.2 Å². The molecule has 5 N–H and O–H groups in total. The quantitative estimate of drug-likeness (QED) is 0.0969. The molecular formula is C28H32N8O5. The Morgan fingerprint density at radius 1 is 0.902 bits per heavy atom. The molecule has 13 nitrogen and oxygen atoms in total. The van der Waals surface area contributed by atoms with Crippen LogP contribution in [-0.2, 0) is 17.9 Å². The van der Waals surface area contributed by atoms with Crippen molar-refractivity contribution in [3.05, 3.63) is 59.7 Å². The van der Waals surface area contributed by atoms with Gasteiger partial charge in [-0.3, -0.25) is 14.4 Å². The lowest BCUT2D eigenvalue weighted by Crippen LogP contribution is -2.12. The van der Waals surface area contributed by atoms with Crippen molar-refractivity contribution in [2.24, 2.45) is 5.73 Å². The molecule has 0 unspecified atom stereocenters. The SMILES string of the molecule is CNc1nc2cc(C=O)cc(OC)c2n1C/C=C/Cn1c(NC)nc2cc(C(N)=O)cc(OC/C=C/CNC=O)c21. The fourth-order valence-corrected chi connectivity index (χ4v) is 4.46. The van der Waals surface area contributed by atoms with Gasteiger partial charge >= 0.3 is 0 Å². The Balaban J connectivity index is 1.65. The van der Waals surface area contributed by atoms with E-state index in [1.54, 1.807) is 57.6 Å². The van der Waals surface area contributed by atoms with Crippen LogP contribution in [-0.4, -0.2) is 72.1 Å². The molecule has 41 heavy (non-hydrogen) atoms. The monoisotopic (exact) mass is 560 g/mol. The number of rotatable bonds is 15. The van der Waals surface area contributed by atoms with Crippen LogP contribution in [0, 0.1) is 0 Å². The van der Waals surface area contributed by atoms with E-state index < -0.39 is 5.91 Å². The number of benzene rings is 2. The number of methoxy groups -OCH3 is 1. The van der Waals surface area contributed by atoms with Crippen LogP contribution in [0.2, 0.25) is 0 Å². The summed E-state index contributed by atoms with van der Waals surface area (Å²) in [5, 5.41) is 8.73. The van der Waals surface area contributed by atoms with Gasteiger partial charge in [0.1, 0.15) is 35.4 Å². The first-order chi connectivity index (χ1) is 19.9. The maximum absolute atomic E-state index is 12.0. The fraction of sp³-hybridized carbons (Fsp3) is 0.250. The summed E-state index contributed by atoms with van der Waals surface area (Å²) in [6.45, 7) is 1.50. The van der Waals surface area contributed by atoms with Gasteiger partial charge < -0.3 is 40.3 Å². The smallest absolute Gasteiger partial charge is 0.248 e. The van der Waals surface area contributed by atoms with Crippen molar-refractivity contribution in [2.75, 3.05) is 45.0 Å². The second-order valence-electron chi connectivity index (χ2n) is 8.79. The zero-order chi connectivity index (χ0) is 29.4. The lowest BCUT2D eigenvalue weighted by Gasteiger charge is -2.11. The minimum absolute atomic E-state index is 0.210. The molecule has 4 aromatic rings. The van der Waals surface area contributed by atoms with Crippen LogP contribution in [0.25, 0.3) is 22.1 Å². The van der Waals surface area contributed by atoms with Gasteiger partial charge in [0, 0.05) is 44.9 Å². The highest BCUT2D eigenvalue weighted by Gasteiger charge is 2.18. The second kappa shape index (κ2) is 13.2. The molecule has 0 saturated carbocycles. The number of nitrogens with one attached hydrogen (secondary N) is 3. The Bertz CT molecular complexity index is 1640. The highest BCUT2D eigenvalue weighted by Crippen LogP contribution is 2.32. The molecule has 0 aliphatic heterocycles. The van der Waals surface area contributed by atoms with Crippen LogP contribution in [0.1, 0.15) is 20.7 Å². The van der Waals surface area contributed by atoms with Crippen LogP contribution in [0.4, 0.5) is 11.9 Å². The molecule has 2 aromatic heterocycles. The zero-order valence-corrected chi connectivity index (χ0v) is 23.0. The average Bonchev–Trinajstić information content (AvgIpc) is 3.53. The van der Waals surface area contributed by atoms with E-state index >= 15 is 0 Å². The maximum atomic E-state index is 12.0. The van der Waals surface area contributed by atoms with E-state index in [0.29, 0.717) is 71.6 Å². The molecule has 4 rings (SSSR count).